The maximum Gasteiger partial charge on any atom is 0.159 e. The molecule has 4 nitrogen and oxygen atoms in total. The molecule has 90 heavy (non-hydrogen) atoms. The molecule has 0 amide bonds. The van der Waals surface area contributed by atoms with Gasteiger partial charge in [0.05, 0.1) is 22.7 Å². The van der Waals surface area contributed by atoms with E-state index in [0.717, 1.165) is 111 Å². The van der Waals surface area contributed by atoms with Crippen molar-refractivity contribution in [3.8, 4) is 39.1 Å². The van der Waals surface area contributed by atoms with Gasteiger partial charge in [-0.15, -0.1) is 0 Å². The quantitative estimate of drug-likeness (QED) is 0.104. The van der Waals surface area contributed by atoms with Crippen LogP contribution < -0.4 is 9.80 Å². The van der Waals surface area contributed by atoms with Gasteiger partial charge < -0.3 is 19.3 Å². The third-order valence-corrected chi connectivity index (χ3v) is 20.6. The monoisotopic (exact) mass is 1170 g/mol. The summed E-state index contributed by atoms with van der Waals surface area (Å²) in [5.41, 5.74) is 22.5. The van der Waals surface area contributed by atoms with Crippen molar-refractivity contribution in [3.05, 3.63) is 246 Å². The lowest BCUT2D eigenvalue weighted by molar-refractivity contribution is 0.445. The van der Waals surface area contributed by atoms with E-state index in [0.29, 0.717) is 23.7 Å². The maximum absolute atomic E-state index is 13.3. The lowest BCUT2D eigenvalue weighted by Crippen LogP contribution is -2.15. The van der Waals surface area contributed by atoms with Crippen molar-refractivity contribution in [1.82, 2.24) is 0 Å². The number of hydrogen-bond acceptors (Lipinski definition) is 4. The maximum atomic E-state index is 13.3. The van der Waals surface area contributed by atoms with Crippen molar-refractivity contribution < 1.29 is 9.52 Å². The smallest absolute Gasteiger partial charge is 0.159 e. The molecule has 0 bridgehead atoms. The van der Waals surface area contributed by atoms with Crippen LogP contribution in [0.4, 0.5) is 34.1 Å². The van der Waals surface area contributed by atoms with Gasteiger partial charge in [0.2, 0.25) is 0 Å². The number of rotatable bonds is 15. The number of benzene rings is 12. The van der Waals surface area contributed by atoms with Crippen LogP contribution in [0.25, 0.3) is 87.6 Å². The number of phenolic OH excluding ortho intramolecular Hbond substituents is 1. The Morgan fingerprint density at radius 3 is 1.37 bits per heavy atom. The van der Waals surface area contributed by atoms with Crippen LogP contribution in [0.5, 0.6) is 5.75 Å². The van der Waals surface area contributed by atoms with E-state index in [1.807, 2.05) is 0 Å². The molecule has 2 aliphatic carbocycles. The predicted octanol–water partition coefficient (Wildman–Crippen LogP) is 25.6. The summed E-state index contributed by atoms with van der Waals surface area (Å²) in [6, 6.07) is 79.7. The number of aryl methyl sites for hydroxylation is 2. The van der Waals surface area contributed by atoms with E-state index in [9.17, 15) is 5.11 Å². The number of phenols is 1. The van der Waals surface area contributed by atoms with Crippen molar-refractivity contribution in [2.24, 2.45) is 0 Å². The summed E-state index contributed by atoms with van der Waals surface area (Å²) in [5, 5.41) is 23.3. The largest absolute Gasteiger partial charge is 0.505 e. The number of anilines is 6. The van der Waals surface area contributed by atoms with Crippen LogP contribution in [0, 0.1) is 0 Å². The fourth-order valence-corrected chi connectivity index (χ4v) is 16.0. The first-order valence-electron chi connectivity index (χ1n) is 33.8. The second-order valence-corrected chi connectivity index (χ2v) is 26.6. The third kappa shape index (κ3) is 9.99. The molecular weight excluding hydrogens is 1090 g/mol. The number of para-hydroxylation sites is 3. The van der Waals surface area contributed by atoms with Gasteiger partial charge in [0, 0.05) is 44.0 Å². The Morgan fingerprint density at radius 1 is 0.378 bits per heavy atom. The van der Waals surface area contributed by atoms with Gasteiger partial charge in [0.15, 0.2) is 5.58 Å². The molecule has 0 saturated heterocycles. The highest BCUT2D eigenvalue weighted by Gasteiger charge is 2.32. The first-order chi connectivity index (χ1) is 44.1. The molecule has 13 aromatic rings. The number of nitrogens with zero attached hydrogens (tertiary/aromatic N) is 2. The third-order valence-electron chi connectivity index (χ3n) is 20.6. The minimum Gasteiger partial charge on any atom is -0.505 e. The van der Waals surface area contributed by atoms with Gasteiger partial charge >= 0.3 is 0 Å². The molecule has 12 aromatic carbocycles. The Balaban J connectivity index is 1.01. The van der Waals surface area contributed by atoms with Gasteiger partial charge in [-0.05, 0) is 194 Å². The number of fused-ring (bicyclic) bond motifs is 3. The molecule has 0 unspecified atom stereocenters. The highest BCUT2D eigenvalue weighted by atomic mass is 16.3. The van der Waals surface area contributed by atoms with Crippen molar-refractivity contribution in [1.29, 1.82) is 0 Å². The zero-order valence-corrected chi connectivity index (χ0v) is 53.3. The normalized spacial score (nSPS) is 14.4. The molecule has 2 aliphatic rings. The average Bonchev–Trinajstić information content (AvgIpc) is 0.803. The molecule has 2 saturated carbocycles. The lowest BCUT2D eigenvalue weighted by atomic mass is 9.77. The summed E-state index contributed by atoms with van der Waals surface area (Å²) in [6.45, 7) is 13.6. The molecule has 15 rings (SSSR count). The van der Waals surface area contributed by atoms with E-state index in [1.165, 1.54) is 121 Å². The summed E-state index contributed by atoms with van der Waals surface area (Å²) in [5.74, 6) is 1.77. The fourth-order valence-electron chi connectivity index (χ4n) is 16.0. The Labute approximate surface area is 531 Å². The van der Waals surface area contributed by atoms with E-state index in [-0.39, 0.29) is 5.75 Å². The number of furan rings is 1. The van der Waals surface area contributed by atoms with Gasteiger partial charge in [-0.2, -0.15) is 0 Å². The van der Waals surface area contributed by atoms with Crippen molar-refractivity contribution in [3.63, 3.8) is 0 Å². The highest BCUT2D eigenvalue weighted by Crippen LogP contribution is 2.56. The second kappa shape index (κ2) is 24.0. The Kier molecular flexibility index (Phi) is 15.3. The molecule has 0 radical (unpaired) electrons. The van der Waals surface area contributed by atoms with E-state index in [1.54, 1.807) is 0 Å². The SMILES string of the molecule is CCc1ccc(N(c2cccc(-c3cccc(-c4ccccc4C(C)C)c3)c2O)c2cc(C3CCCCC3)c3ccc4c(N(c5ccc(CC)cc5)c5cccc6c5oc5c(-c7ccccc7C(C)C)cccc56)cc(C5CCCCC5)c5ccc2c3c54)cc1. The molecule has 0 atom stereocenters. The van der Waals surface area contributed by atoms with Crippen LogP contribution in [0.15, 0.2) is 217 Å². The molecule has 0 aliphatic heterocycles. The van der Waals surface area contributed by atoms with Gasteiger partial charge in [-0.25, -0.2) is 0 Å². The molecule has 448 valence electrons. The topological polar surface area (TPSA) is 39.9 Å². The molecule has 0 spiro atoms. The second-order valence-electron chi connectivity index (χ2n) is 26.6. The van der Waals surface area contributed by atoms with E-state index in [4.69, 9.17) is 4.42 Å². The van der Waals surface area contributed by atoms with Gasteiger partial charge in [0.25, 0.3) is 0 Å². The summed E-state index contributed by atoms with van der Waals surface area (Å²) >= 11 is 0. The molecule has 1 heterocycles. The van der Waals surface area contributed by atoms with Crippen LogP contribution in [-0.2, 0) is 12.8 Å². The minimum atomic E-state index is 0.263. The standard InChI is InChI=1S/C86H82N2O2/c1-7-56-39-43-62(44-40-56)87(78-37-21-33-67(84(78)89)61-28-19-27-60(51-61)66-31-17-15-29-64(66)54(3)4)80-52-76(58-23-11-9-12-24-58)69-48-50-75-81(53-77(59-25-13-10-14-26-59)70-47-49-74(80)82(69)83(70)75)88(63-45-41-57(8-2)42-46-63)79-38-22-36-73-72-35-20-34-71(85(72)90-86(73)79)68-32-18-16-30-65(68)55(5)6/h15-22,27-55,58-59,89H,7-14,23-26H2,1-6H3. The average molecular weight is 1180 g/mol. The Hall–Kier alpha value is -9.12. The summed E-state index contributed by atoms with van der Waals surface area (Å²) < 4.78 is 7.49. The zero-order chi connectivity index (χ0) is 61.1. The van der Waals surface area contributed by atoms with Gasteiger partial charge in [-0.3, -0.25) is 0 Å². The number of aromatic hydroxyl groups is 1. The first-order valence-corrected chi connectivity index (χ1v) is 33.8. The molecule has 2 fully saturated rings. The van der Waals surface area contributed by atoms with E-state index >= 15 is 0 Å². The fraction of sp³-hybridized carbons (Fsp3) is 0.256. The summed E-state index contributed by atoms with van der Waals surface area (Å²) in [4.78, 5) is 4.95. The molecular formula is C86H82N2O2. The van der Waals surface area contributed by atoms with Gasteiger partial charge in [-0.1, -0.05) is 238 Å². The Morgan fingerprint density at radius 2 is 0.811 bits per heavy atom. The predicted molar refractivity (Wildman–Crippen MR) is 383 cm³/mol. The summed E-state index contributed by atoms with van der Waals surface area (Å²) in [6.07, 6.45) is 14.0. The summed E-state index contributed by atoms with van der Waals surface area (Å²) in [7, 11) is 0. The van der Waals surface area contributed by atoms with Gasteiger partial charge in [0.1, 0.15) is 11.3 Å². The van der Waals surface area contributed by atoms with Crippen molar-refractivity contribution in [2.45, 2.75) is 142 Å². The van der Waals surface area contributed by atoms with Crippen LogP contribution >= 0.6 is 0 Å². The van der Waals surface area contributed by atoms with Crippen LogP contribution in [0.1, 0.15) is 163 Å². The molecule has 1 N–H and O–H groups in total. The highest BCUT2D eigenvalue weighted by molar-refractivity contribution is 6.30. The van der Waals surface area contributed by atoms with Crippen molar-refractivity contribution >= 4 is 88.4 Å². The van der Waals surface area contributed by atoms with E-state index in [2.05, 4.69) is 264 Å². The van der Waals surface area contributed by atoms with Crippen LogP contribution in [0.3, 0.4) is 0 Å². The lowest BCUT2D eigenvalue weighted by Gasteiger charge is -2.33. The Bertz CT molecular complexity index is 4780. The zero-order valence-electron chi connectivity index (χ0n) is 53.3. The minimum absolute atomic E-state index is 0.263. The van der Waals surface area contributed by atoms with Crippen LogP contribution in [-0.4, -0.2) is 5.11 Å². The van der Waals surface area contributed by atoms with Crippen LogP contribution in [0.2, 0.25) is 0 Å². The molecule has 1 aromatic heterocycles. The molecule has 4 heteroatoms. The first kappa shape index (κ1) is 57.3. The van der Waals surface area contributed by atoms with E-state index < -0.39 is 0 Å². The van der Waals surface area contributed by atoms with Crippen molar-refractivity contribution in [2.75, 3.05) is 9.80 Å². The number of hydrogen-bond donors (Lipinski definition) is 1.